The third kappa shape index (κ3) is 2.41. The molecule has 0 aromatic heterocycles. The maximum Gasteiger partial charge on any atom is 0.324 e. The van der Waals surface area contributed by atoms with Crippen LogP contribution >= 0.6 is 11.6 Å². The Bertz CT molecular complexity index is 492. The summed E-state index contributed by atoms with van der Waals surface area (Å²) < 4.78 is 0. The molecule has 1 N–H and O–H groups in total. The van der Waals surface area contributed by atoms with Crippen LogP contribution in [0.25, 0.3) is 0 Å². The van der Waals surface area contributed by atoms with Gasteiger partial charge in [0.25, 0.3) is 0 Å². The second kappa shape index (κ2) is 4.86. The lowest BCUT2D eigenvalue weighted by atomic mass is 10.2. The molecule has 6 heteroatoms. The molecule has 1 saturated heterocycles. The highest BCUT2D eigenvalue weighted by molar-refractivity contribution is 6.30. The van der Waals surface area contributed by atoms with Crippen molar-refractivity contribution in [1.29, 1.82) is 0 Å². The Morgan fingerprint density at radius 2 is 2.28 bits per heavy atom. The van der Waals surface area contributed by atoms with E-state index >= 15 is 0 Å². The highest BCUT2D eigenvalue weighted by atomic mass is 35.5. The summed E-state index contributed by atoms with van der Waals surface area (Å²) in [6, 6.07) is 6.44. The smallest absolute Gasteiger partial charge is 0.324 e. The second-order valence-corrected chi connectivity index (χ2v) is 4.67. The van der Waals surface area contributed by atoms with Gasteiger partial charge < -0.3 is 10.0 Å². The van der Waals surface area contributed by atoms with E-state index in [1.165, 1.54) is 4.90 Å². The van der Waals surface area contributed by atoms with Crippen LogP contribution in [0.2, 0.25) is 5.02 Å². The first-order valence-electron chi connectivity index (χ1n) is 5.50. The standard InChI is InChI=1S/C12H13ClN2O3/c1-14-10(6-11(16)17)7-15(12(14)18)9-4-2-3-8(13)5-9/h2-5,10H,6-7H2,1H3,(H,16,17). The predicted molar refractivity (Wildman–Crippen MR) is 68.0 cm³/mol. The lowest BCUT2D eigenvalue weighted by molar-refractivity contribution is -0.137. The number of carboxylic acids is 1. The first kappa shape index (κ1) is 12.7. The number of aliphatic carboxylic acids is 1. The van der Waals surface area contributed by atoms with Crippen molar-refractivity contribution in [3.63, 3.8) is 0 Å². The summed E-state index contributed by atoms with van der Waals surface area (Å²) in [5.74, 6) is -0.910. The highest BCUT2D eigenvalue weighted by Gasteiger charge is 2.36. The summed E-state index contributed by atoms with van der Waals surface area (Å²) in [6.07, 6.45) is -0.0562. The summed E-state index contributed by atoms with van der Waals surface area (Å²) in [7, 11) is 1.61. The van der Waals surface area contributed by atoms with Gasteiger partial charge in [0.2, 0.25) is 0 Å². The zero-order valence-electron chi connectivity index (χ0n) is 9.84. The van der Waals surface area contributed by atoms with Crippen molar-refractivity contribution in [2.75, 3.05) is 18.5 Å². The Labute approximate surface area is 110 Å². The Hall–Kier alpha value is -1.75. The van der Waals surface area contributed by atoms with Gasteiger partial charge in [-0.25, -0.2) is 4.79 Å². The molecular weight excluding hydrogens is 256 g/mol. The molecule has 1 unspecified atom stereocenters. The number of anilines is 1. The van der Waals surface area contributed by atoms with Crippen molar-refractivity contribution in [2.45, 2.75) is 12.5 Å². The zero-order valence-corrected chi connectivity index (χ0v) is 10.6. The Balaban J connectivity index is 2.21. The third-order valence-corrected chi connectivity index (χ3v) is 3.24. The van der Waals surface area contributed by atoms with Crippen LogP contribution in [0, 0.1) is 0 Å². The minimum atomic E-state index is -0.910. The van der Waals surface area contributed by atoms with E-state index in [9.17, 15) is 9.59 Å². The molecule has 5 nitrogen and oxygen atoms in total. The Kier molecular flexibility index (Phi) is 3.43. The van der Waals surface area contributed by atoms with Crippen LogP contribution in [0.15, 0.2) is 24.3 Å². The summed E-state index contributed by atoms with van der Waals surface area (Å²) in [6.45, 7) is 0.363. The van der Waals surface area contributed by atoms with Gasteiger partial charge in [-0.2, -0.15) is 0 Å². The summed E-state index contributed by atoms with van der Waals surface area (Å²) in [4.78, 5) is 25.7. The van der Waals surface area contributed by atoms with Crippen LogP contribution in [0.3, 0.4) is 0 Å². The number of carbonyl (C=O) groups is 2. The van der Waals surface area contributed by atoms with Crippen molar-refractivity contribution in [2.24, 2.45) is 0 Å². The zero-order chi connectivity index (χ0) is 13.3. The van der Waals surface area contributed by atoms with Gasteiger partial charge >= 0.3 is 12.0 Å². The van der Waals surface area contributed by atoms with Crippen molar-refractivity contribution in [1.82, 2.24) is 4.90 Å². The topological polar surface area (TPSA) is 60.9 Å². The molecule has 18 heavy (non-hydrogen) atoms. The van der Waals surface area contributed by atoms with Crippen LogP contribution in [0.1, 0.15) is 6.42 Å². The van der Waals surface area contributed by atoms with E-state index in [-0.39, 0.29) is 18.5 Å². The van der Waals surface area contributed by atoms with Gasteiger partial charge in [0.1, 0.15) is 0 Å². The molecule has 1 aromatic carbocycles. The normalized spacial score (nSPS) is 19.4. The fourth-order valence-corrected chi connectivity index (χ4v) is 2.21. The third-order valence-electron chi connectivity index (χ3n) is 3.00. The molecule has 0 radical (unpaired) electrons. The lowest BCUT2D eigenvalue weighted by Gasteiger charge is -2.16. The van der Waals surface area contributed by atoms with Crippen LogP contribution in [-0.2, 0) is 4.79 Å². The van der Waals surface area contributed by atoms with E-state index in [0.717, 1.165) is 0 Å². The van der Waals surface area contributed by atoms with Gasteiger partial charge in [-0.1, -0.05) is 17.7 Å². The largest absolute Gasteiger partial charge is 0.481 e. The first-order valence-corrected chi connectivity index (χ1v) is 5.88. The predicted octanol–water partition coefficient (Wildman–Crippen LogP) is 2.06. The van der Waals surface area contributed by atoms with Gasteiger partial charge in [0, 0.05) is 24.3 Å². The van der Waals surface area contributed by atoms with Gasteiger partial charge in [0.15, 0.2) is 0 Å². The fraction of sp³-hybridized carbons (Fsp3) is 0.333. The minimum absolute atomic E-state index is 0.0562. The number of carbonyl (C=O) groups excluding carboxylic acids is 1. The summed E-state index contributed by atoms with van der Waals surface area (Å²) >= 11 is 5.88. The van der Waals surface area contributed by atoms with Crippen LogP contribution in [0.4, 0.5) is 10.5 Å². The van der Waals surface area contributed by atoms with E-state index in [4.69, 9.17) is 16.7 Å². The summed E-state index contributed by atoms with van der Waals surface area (Å²) in [5, 5.41) is 9.35. The van der Waals surface area contributed by atoms with Crippen molar-refractivity contribution >= 4 is 29.3 Å². The van der Waals surface area contributed by atoms with Crippen molar-refractivity contribution in [3.05, 3.63) is 29.3 Å². The molecule has 0 spiro atoms. The molecular formula is C12H13ClN2O3. The van der Waals surface area contributed by atoms with Crippen LogP contribution in [-0.4, -0.2) is 41.6 Å². The Morgan fingerprint density at radius 3 is 2.89 bits per heavy atom. The molecule has 2 amide bonds. The number of nitrogens with zero attached hydrogens (tertiary/aromatic N) is 2. The van der Waals surface area contributed by atoms with Gasteiger partial charge in [-0.15, -0.1) is 0 Å². The molecule has 1 atom stereocenters. The average Bonchev–Trinajstić information content (AvgIpc) is 2.57. The Morgan fingerprint density at radius 1 is 1.56 bits per heavy atom. The number of rotatable bonds is 3. The number of benzene rings is 1. The number of hydrogen-bond acceptors (Lipinski definition) is 2. The maximum absolute atomic E-state index is 12.0. The molecule has 96 valence electrons. The van der Waals surface area contributed by atoms with Gasteiger partial charge in [0.05, 0.1) is 12.5 Å². The molecule has 1 heterocycles. The van der Waals surface area contributed by atoms with E-state index in [2.05, 4.69) is 0 Å². The molecule has 1 fully saturated rings. The number of likely N-dealkylation sites (N-methyl/N-ethyl adjacent to an activating group) is 1. The molecule has 0 bridgehead atoms. The number of halogens is 1. The average molecular weight is 269 g/mol. The summed E-state index contributed by atoms with van der Waals surface area (Å²) in [5.41, 5.74) is 0.687. The molecule has 1 aliphatic rings. The maximum atomic E-state index is 12.0. The van der Waals surface area contributed by atoms with E-state index in [0.29, 0.717) is 17.3 Å². The van der Waals surface area contributed by atoms with Crippen LogP contribution < -0.4 is 4.90 Å². The minimum Gasteiger partial charge on any atom is -0.481 e. The molecule has 0 saturated carbocycles. The quantitative estimate of drug-likeness (QED) is 0.913. The van der Waals surface area contributed by atoms with Gasteiger partial charge in [-0.05, 0) is 18.2 Å². The second-order valence-electron chi connectivity index (χ2n) is 4.24. The molecule has 1 aromatic rings. The van der Waals surface area contributed by atoms with E-state index in [1.807, 2.05) is 0 Å². The molecule has 1 aliphatic heterocycles. The van der Waals surface area contributed by atoms with Crippen molar-refractivity contribution in [3.8, 4) is 0 Å². The first-order chi connectivity index (χ1) is 8.49. The number of urea groups is 1. The van der Waals surface area contributed by atoms with E-state index in [1.54, 1.807) is 36.2 Å². The van der Waals surface area contributed by atoms with Crippen LogP contribution in [0.5, 0.6) is 0 Å². The molecule has 2 rings (SSSR count). The molecule has 0 aliphatic carbocycles. The monoisotopic (exact) mass is 268 g/mol. The SMILES string of the molecule is CN1C(=O)N(c2cccc(Cl)c2)CC1CC(=O)O. The lowest BCUT2D eigenvalue weighted by Crippen LogP contribution is -2.32. The van der Waals surface area contributed by atoms with Crippen molar-refractivity contribution < 1.29 is 14.7 Å². The van der Waals surface area contributed by atoms with E-state index < -0.39 is 5.97 Å². The number of amides is 2. The number of hydrogen-bond donors (Lipinski definition) is 1. The van der Waals surface area contributed by atoms with Gasteiger partial charge in [-0.3, -0.25) is 9.69 Å². The number of carboxylic acid groups (broad SMARTS) is 1. The highest BCUT2D eigenvalue weighted by Crippen LogP contribution is 2.26. The fourth-order valence-electron chi connectivity index (χ4n) is 2.02.